The van der Waals surface area contributed by atoms with E-state index in [1.807, 2.05) is 23.6 Å². The van der Waals surface area contributed by atoms with Gasteiger partial charge in [-0.1, -0.05) is 0 Å². The average molecular weight is 244 g/mol. The van der Waals surface area contributed by atoms with Gasteiger partial charge < -0.3 is 15.0 Å². The second-order valence-electron chi connectivity index (χ2n) is 4.39. The molecule has 2 atom stereocenters. The molecule has 1 N–H and O–H groups in total. The summed E-state index contributed by atoms with van der Waals surface area (Å²) in [5, 5.41) is 3.04. The number of thioether (sulfide) groups is 1. The maximum absolute atomic E-state index is 11.9. The largest absolute Gasteiger partial charge is 0.376 e. The van der Waals surface area contributed by atoms with Crippen LogP contribution in [0.3, 0.4) is 0 Å². The predicted molar refractivity (Wildman–Crippen MR) is 65.9 cm³/mol. The molecule has 2 heterocycles. The normalized spacial score (nSPS) is 27.8. The number of ether oxygens (including phenoxy) is 1. The summed E-state index contributed by atoms with van der Waals surface area (Å²) in [4.78, 5) is 13.8. The van der Waals surface area contributed by atoms with Crippen molar-refractivity contribution in [3.63, 3.8) is 0 Å². The van der Waals surface area contributed by atoms with Crippen LogP contribution in [0.25, 0.3) is 0 Å². The molecule has 0 aliphatic carbocycles. The van der Waals surface area contributed by atoms with Crippen LogP contribution in [-0.2, 0) is 4.74 Å². The van der Waals surface area contributed by atoms with Crippen LogP contribution < -0.4 is 5.32 Å². The first-order valence-electron chi connectivity index (χ1n) is 6.02. The monoisotopic (exact) mass is 244 g/mol. The third-order valence-corrected chi connectivity index (χ3v) is 4.11. The minimum absolute atomic E-state index is 0.0725. The summed E-state index contributed by atoms with van der Waals surface area (Å²) in [6.45, 7) is 4.61. The zero-order chi connectivity index (χ0) is 11.4. The number of carbonyl (C=O) groups excluding carboxylic acids is 1. The summed E-state index contributed by atoms with van der Waals surface area (Å²) in [6, 6.07) is 0.202. The van der Waals surface area contributed by atoms with Crippen molar-refractivity contribution in [3.8, 4) is 0 Å². The Balaban J connectivity index is 1.76. The number of nitrogens with zero attached hydrogens (tertiary/aromatic N) is 1. The molecule has 2 amide bonds. The number of amides is 2. The molecule has 0 spiro atoms. The van der Waals surface area contributed by atoms with E-state index in [0.717, 1.165) is 44.0 Å². The number of carbonyl (C=O) groups is 1. The molecule has 2 fully saturated rings. The molecule has 0 bridgehead atoms. The first kappa shape index (κ1) is 12.0. The van der Waals surface area contributed by atoms with E-state index < -0.39 is 0 Å². The van der Waals surface area contributed by atoms with Gasteiger partial charge in [0.2, 0.25) is 0 Å². The first-order chi connectivity index (χ1) is 7.77. The lowest BCUT2D eigenvalue weighted by Crippen LogP contribution is -2.50. The highest BCUT2D eigenvalue weighted by atomic mass is 32.2. The Morgan fingerprint density at radius 3 is 2.88 bits per heavy atom. The van der Waals surface area contributed by atoms with Gasteiger partial charge in [-0.2, -0.15) is 11.8 Å². The van der Waals surface area contributed by atoms with Crippen LogP contribution in [0.5, 0.6) is 0 Å². The van der Waals surface area contributed by atoms with Gasteiger partial charge in [0.1, 0.15) is 0 Å². The van der Waals surface area contributed by atoms with E-state index >= 15 is 0 Å². The molecule has 92 valence electrons. The van der Waals surface area contributed by atoms with Crippen LogP contribution in [0.2, 0.25) is 0 Å². The van der Waals surface area contributed by atoms with E-state index in [-0.39, 0.29) is 18.2 Å². The Kier molecular flexibility index (Phi) is 4.35. The zero-order valence-electron chi connectivity index (χ0n) is 9.78. The fourth-order valence-corrected chi connectivity index (χ4v) is 3.05. The van der Waals surface area contributed by atoms with Gasteiger partial charge in [-0.05, 0) is 19.8 Å². The highest BCUT2D eigenvalue weighted by molar-refractivity contribution is 7.99. The Morgan fingerprint density at radius 1 is 1.50 bits per heavy atom. The summed E-state index contributed by atoms with van der Waals surface area (Å²) in [5.74, 6) is 2.11. The molecular weight excluding hydrogens is 224 g/mol. The third kappa shape index (κ3) is 3.04. The van der Waals surface area contributed by atoms with Gasteiger partial charge >= 0.3 is 6.03 Å². The standard InChI is InChI=1S/C11H20N2O2S/c1-9(10-3-2-6-15-10)12-11(14)13-4-7-16-8-5-13/h9-10H,2-8H2,1H3,(H,12,14). The lowest BCUT2D eigenvalue weighted by atomic mass is 10.1. The fourth-order valence-electron chi connectivity index (χ4n) is 2.14. The fraction of sp³-hybridized carbons (Fsp3) is 0.909. The van der Waals surface area contributed by atoms with Gasteiger partial charge in [0.05, 0.1) is 12.1 Å². The molecule has 0 aromatic rings. The minimum atomic E-state index is 0.0725. The lowest BCUT2D eigenvalue weighted by Gasteiger charge is -2.29. The minimum Gasteiger partial charge on any atom is -0.376 e. The maximum Gasteiger partial charge on any atom is 0.317 e. The van der Waals surface area contributed by atoms with Gasteiger partial charge in [0, 0.05) is 31.2 Å². The topological polar surface area (TPSA) is 41.6 Å². The zero-order valence-corrected chi connectivity index (χ0v) is 10.6. The van der Waals surface area contributed by atoms with Crippen LogP contribution in [0, 0.1) is 0 Å². The van der Waals surface area contributed by atoms with Gasteiger partial charge in [-0.25, -0.2) is 4.79 Å². The molecule has 0 radical (unpaired) electrons. The molecule has 2 aliphatic heterocycles. The van der Waals surface area contributed by atoms with E-state index in [9.17, 15) is 4.79 Å². The SMILES string of the molecule is CC(NC(=O)N1CCSCC1)C1CCCO1. The van der Waals surface area contributed by atoms with Crippen molar-refractivity contribution in [1.29, 1.82) is 0 Å². The van der Waals surface area contributed by atoms with Crippen LogP contribution in [-0.4, -0.2) is 54.3 Å². The first-order valence-corrected chi connectivity index (χ1v) is 7.17. The van der Waals surface area contributed by atoms with Crippen molar-refractivity contribution in [2.45, 2.75) is 31.9 Å². The molecule has 0 aromatic carbocycles. The Hall–Kier alpha value is -0.420. The molecule has 0 aromatic heterocycles. The summed E-state index contributed by atoms with van der Waals surface area (Å²) in [5.41, 5.74) is 0. The molecular formula is C11H20N2O2S. The molecule has 2 unspecified atom stereocenters. The highest BCUT2D eigenvalue weighted by Gasteiger charge is 2.25. The number of nitrogens with one attached hydrogen (secondary N) is 1. The smallest absolute Gasteiger partial charge is 0.317 e. The van der Waals surface area contributed by atoms with E-state index in [1.165, 1.54) is 0 Å². The molecule has 2 aliphatic rings. The van der Waals surface area contributed by atoms with E-state index in [1.54, 1.807) is 0 Å². The van der Waals surface area contributed by atoms with Crippen molar-refractivity contribution in [1.82, 2.24) is 10.2 Å². The van der Waals surface area contributed by atoms with E-state index in [2.05, 4.69) is 5.32 Å². The van der Waals surface area contributed by atoms with Gasteiger partial charge in [-0.15, -0.1) is 0 Å². The van der Waals surface area contributed by atoms with E-state index in [4.69, 9.17) is 4.74 Å². The number of hydrogen-bond donors (Lipinski definition) is 1. The van der Waals surface area contributed by atoms with Crippen LogP contribution in [0.4, 0.5) is 4.79 Å². The Morgan fingerprint density at radius 2 is 2.25 bits per heavy atom. The average Bonchev–Trinajstić information content (AvgIpc) is 2.83. The van der Waals surface area contributed by atoms with Gasteiger partial charge in [0.15, 0.2) is 0 Å². The summed E-state index contributed by atoms with van der Waals surface area (Å²) in [7, 11) is 0. The molecule has 2 saturated heterocycles. The van der Waals surface area contributed by atoms with Gasteiger partial charge in [-0.3, -0.25) is 0 Å². The van der Waals surface area contributed by atoms with Crippen LogP contribution in [0.15, 0.2) is 0 Å². The third-order valence-electron chi connectivity index (χ3n) is 3.17. The van der Waals surface area contributed by atoms with Crippen molar-refractivity contribution in [2.75, 3.05) is 31.2 Å². The lowest BCUT2D eigenvalue weighted by molar-refractivity contribution is 0.0835. The second-order valence-corrected chi connectivity index (χ2v) is 5.61. The van der Waals surface area contributed by atoms with Crippen molar-refractivity contribution >= 4 is 17.8 Å². The van der Waals surface area contributed by atoms with Crippen LogP contribution in [0.1, 0.15) is 19.8 Å². The molecule has 2 rings (SSSR count). The predicted octanol–water partition coefficient (Wildman–Crippen LogP) is 1.31. The molecule has 5 heteroatoms. The second kappa shape index (κ2) is 5.77. The highest BCUT2D eigenvalue weighted by Crippen LogP contribution is 2.16. The number of rotatable bonds is 2. The van der Waals surface area contributed by atoms with Crippen molar-refractivity contribution in [3.05, 3.63) is 0 Å². The van der Waals surface area contributed by atoms with Crippen molar-refractivity contribution in [2.24, 2.45) is 0 Å². The maximum atomic E-state index is 11.9. The summed E-state index contributed by atoms with van der Waals surface area (Å²) >= 11 is 1.91. The van der Waals surface area contributed by atoms with Crippen LogP contribution >= 0.6 is 11.8 Å². The van der Waals surface area contributed by atoms with E-state index in [0.29, 0.717) is 0 Å². The quantitative estimate of drug-likeness (QED) is 0.796. The van der Waals surface area contributed by atoms with Crippen molar-refractivity contribution < 1.29 is 9.53 Å². The Labute approximate surface area is 101 Å². The molecule has 0 saturated carbocycles. The summed E-state index contributed by atoms with van der Waals surface area (Å²) in [6.07, 6.45) is 2.39. The number of urea groups is 1. The molecule has 4 nitrogen and oxygen atoms in total. The van der Waals surface area contributed by atoms with Gasteiger partial charge in [0.25, 0.3) is 0 Å². The molecule has 16 heavy (non-hydrogen) atoms. The Bertz CT molecular complexity index is 238. The summed E-state index contributed by atoms with van der Waals surface area (Å²) < 4.78 is 5.57. The number of hydrogen-bond acceptors (Lipinski definition) is 3.